The number of hydrogen-bond donors (Lipinski definition) is 4. The molecule has 0 spiro atoms. The van der Waals surface area contributed by atoms with Gasteiger partial charge in [-0.2, -0.15) is 0 Å². The maximum Gasteiger partial charge on any atom is 0.251 e. The minimum atomic E-state index is -0.192. The number of carbonyl (C=O) groups is 1. The number of amides is 1. The van der Waals surface area contributed by atoms with E-state index in [0.29, 0.717) is 46.2 Å². The molecule has 1 aliphatic heterocycles. The lowest BCUT2D eigenvalue weighted by Crippen LogP contribution is -2.37. The van der Waals surface area contributed by atoms with Gasteiger partial charge in [0, 0.05) is 36.6 Å². The third-order valence-electron chi connectivity index (χ3n) is 4.99. The van der Waals surface area contributed by atoms with E-state index in [1.807, 2.05) is 4.90 Å². The van der Waals surface area contributed by atoms with E-state index in [9.17, 15) is 4.79 Å². The van der Waals surface area contributed by atoms with E-state index in [0.717, 1.165) is 19.1 Å². The van der Waals surface area contributed by atoms with Crippen LogP contribution >= 0.6 is 11.6 Å². The SMILES string of the molecule is N=CN(C=N)c1ccc(C(=O)NC2CCN(c3ncc(Cl)c4c(N)noc34)C2)cc1. The first-order valence-corrected chi connectivity index (χ1v) is 9.54. The van der Waals surface area contributed by atoms with Gasteiger partial charge in [0.15, 0.2) is 11.6 Å². The van der Waals surface area contributed by atoms with Crippen LogP contribution in [0.15, 0.2) is 35.0 Å². The fraction of sp³-hybridized carbons (Fsp3) is 0.211. The molecule has 154 valence electrons. The van der Waals surface area contributed by atoms with Crippen LogP contribution in [0.25, 0.3) is 11.0 Å². The topological polar surface area (TPSA) is 148 Å². The van der Waals surface area contributed by atoms with Crippen LogP contribution in [0, 0.1) is 10.8 Å². The molecule has 0 bridgehead atoms. The summed E-state index contributed by atoms with van der Waals surface area (Å²) in [6, 6.07) is 6.64. The number of nitrogens with two attached hydrogens (primary N) is 1. The van der Waals surface area contributed by atoms with Gasteiger partial charge in [0.1, 0.15) is 0 Å². The van der Waals surface area contributed by atoms with Crippen molar-refractivity contribution < 1.29 is 9.32 Å². The zero-order chi connectivity index (χ0) is 21.3. The summed E-state index contributed by atoms with van der Waals surface area (Å²) in [7, 11) is 0. The predicted octanol–water partition coefficient (Wildman–Crippen LogP) is 2.49. The van der Waals surface area contributed by atoms with Crippen LogP contribution in [0.1, 0.15) is 16.8 Å². The summed E-state index contributed by atoms with van der Waals surface area (Å²) < 4.78 is 5.32. The molecule has 1 aromatic carbocycles. The largest absolute Gasteiger partial charge is 0.380 e. The number of pyridine rings is 1. The number of aromatic nitrogens is 2. The van der Waals surface area contributed by atoms with Gasteiger partial charge in [-0.15, -0.1) is 0 Å². The van der Waals surface area contributed by atoms with Gasteiger partial charge in [0.05, 0.1) is 23.1 Å². The van der Waals surface area contributed by atoms with E-state index >= 15 is 0 Å². The maximum atomic E-state index is 12.6. The smallest absolute Gasteiger partial charge is 0.251 e. The van der Waals surface area contributed by atoms with E-state index < -0.39 is 0 Å². The molecule has 11 heteroatoms. The van der Waals surface area contributed by atoms with Crippen molar-refractivity contribution in [3.8, 4) is 0 Å². The fourth-order valence-electron chi connectivity index (χ4n) is 3.46. The Bertz CT molecular complexity index is 1110. The first-order valence-electron chi connectivity index (χ1n) is 9.16. The number of carbonyl (C=O) groups excluding carboxylic acids is 1. The molecule has 0 radical (unpaired) electrons. The quantitative estimate of drug-likeness (QED) is 0.349. The van der Waals surface area contributed by atoms with E-state index in [4.69, 9.17) is 32.7 Å². The molecule has 0 saturated carbocycles. The molecule has 3 heterocycles. The number of nitrogen functional groups attached to an aromatic ring is 1. The third-order valence-corrected chi connectivity index (χ3v) is 5.28. The molecule has 1 fully saturated rings. The van der Waals surface area contributed by atoms with Crippen LogP contribution in [0.3, 0.4) is 0 Å². The van der Waals surface area contributed by atoms with E-state index in [1.165, 1.54) is 11.1 Å². The minimum Gasteiger partial charge on any atom is -0.380 e. The van der Waals surface area contributed by atoms with Gasteiger partial charge < -0.3 is 20.5 Å². The highest BCUT2D eigenvalue weighted by Gasteiger charge is 2.28. The van der Waals surface area contributed by atoms with Gasteiger partial charge >= 0.3 is 0 Å². The molecule has 5 N–H and O–H groups in total. The molecule has 0 aliphatic carbocycles. The Morgan fingerprint density at radius 1 is 1.33 bits per heavy atom. The Hall–Kier alpha value is -3.66. The second-order valence-corrected chi connectivity index (χ2v) is 7.23. The summed E-state index contributed by atoms with van der Waals surface area (Å²) in [4.78, 5) is 20.3. The minimum absolute atomic E-state index is 0.0652. The van der Waals surface area contributed by atoms with Crippen molar-refractivity contribution in [1.82, 2.24) is 15.5 Å². The third kappa shape index (κ3) is 3.52. The van der Waals surface area contributed by atoms with Gasteiger partial charge in [-0.3, -0.25) is 20.5 Å². The van der Waals surface area contributed by atoms with Crippen LogP contribution in [0.4, 0.5) is 17.3 Å². The molecule has 1 unspecified atom stereocenters. The Labute approximate surface area is 176 Å². The molecule has 1 atom stereocenters. The van der Waals surface area contributed by atoms with E-state index in [1.54, 1.807) is 24.3 Å². The molecule has 1 saturated heterocycles. The highest BCUT2D eigenvalue weighted by atomic mass is 35.5. The van der Waals surface area contributed by atoms with Crippen LogP contribution in [0.2, 0.25) is 5.02 Å². The summed E-state index contributed by atoms with van der Waals surface area (Å²) >= 11 is 6.15. The monoisotopic (exact) mass is 426 g/mol. The average molecular weight is 427 g/mol. The zero-order valence-electron chi connectivity index (χ0n) is 15.8. The normalized spacial score (nSPS) is 15.9. The molecule has 4 rings (SSSR count). The first kappa shape index (κ1) is 19.6. The molecule has 2 aromatic heterocycles. The summed E-state index contributed by atoms with van der Waals surface area (Å²) in [6.45, 7) is 1.24. The lowest BCUT2D eigenvalue weighted by atomic mass is 10.1. The number of anilines is 3. The number of benzene rings is 1. The van der Waals surface area contributed by atoms with E-state index in [-0.39, 0.29) is 17.8 Å². The molecule has 1 aliphatic rings. The molecule has 1 amide bonds. The molecule has 3 aromatic rings. The zero-order valence-corrected chi connectivity index (χ0v) is 16.6. The number of nitrogens with one attached hydrogen (secondary N) is 3. The standard InChI is InChI=1S/C19H19ClN8O2/c20-14-7-24-18(16-15(14)17(23)26-30-16)27-6-5-12(8-27)25-19(29)11-1-3-13(4-2-11)28(9-21)10-22/h1-4,7,9-10,12,21-22H,5-6,8H2,(H2,23,26)(H,25,29). The number of fused-ring (bicyclic) bond motifs is 1. The Balaban J connectivity index is 1.44. The number of hydrogen-bond acceptors (Lipinski definition) is 8. The van der Waals surface area contributed by atoms with Crippen molar-refractivity contribution in [2.24, 2.45) is 0 Å². The van der Waals surface area contributed by atoms with Gasteiger partial charge in [-0.25, -0.2) is 4.98 Å². The first-order chi connectivity index (χ1) is 14.5. The maximum absolute atomic E-state index is 12.6. The molecule has 30 heavy (non-hydrogen) atoms. The Kier molecular flexibility index (Phi) is 5.23. The summed E-state index contributed by atoms with van der Waals surface area (Å²) in [5.74, 6) is 0.622. The second kappa shape index (κ2) is 7.99. The summed E-state index contributed by atoms with van der Waals surface area (Å²) in [5, 5.41) is 22.3. The van der Waals surface area contributed by atoms with Crippen molar-refractivity contribution in [3.63, 3.8) is 0 Å². The number of halogens is 1. The van der Waals surface area contributed by atoms with E-state index in [2.05, 4.69) is 15.5 Å². The molecular weight excluding hydrogens is 408 g/mol. The number of nitrogens with zero attached hydrogens (tertiary/aromatic N) is 4. The average Bonchev–Trinajstić information content (AvgIpc) is 3.37. The van der Waals surface area contributed by atoms with Crippen LogP contribution < -0.4 is 20.9 Å². The van der Waals surface area contributed by atoms with Crippen molar-refractivity contribution in [2.75, 3.05) is 28.6 Å². The van der Waals surface area contributed by atoms with Crippen LogP contribution in [-0.4, -0.2) is 47.9 Å². The van der Waals surface area contributed by atoms with Crippen molar-refractivity contribution >= 4 is 58.5 Å². The van der Waals surface area contributed by atoms with Crippen molar-refractivity contribution in [2.45, 2.75) is 12.5 Å². The number of rotatable bonds is 6. The summed E-state index contributed by atoms with van der Waals surface area (Å²) in [6.07, 6.45) is 4.32. The van der Waals surface area contributed by atoms with Gasteiger partial charge in [-0.1, -0.05) is 16.8 Å². The van der Waals surface area contributed by atoms with Crippen LogP contribution in [-0.2, 0) is 0 Å². The van der Waals surface area contributed by atoms with Crippen molar-refractivity contribution in [3.05, 3.63) is 41.0 Å². The lowest BCUT2D eigenvalue weighted by molar-refractivity contribution is 0.0940. The Morgan fingerprint density at radius 3 is 2.77 bits per heavy atom. The second-order valence-electron chi connectivity index (χ2n) is 6.82. The fourth-order valence-corrected chi connectivity index (χ4v) is 3.69. The van der Waals surface area contributed by atoms with Gasteiger partial charge in [0.2, 0.25) is 5.58 Å². The van der Waals surface area contributed by atoms with Crippen LogP contribution in [0.5, 0.6) is 0 Å². The lowest BCUT2D eigenvalue weighted by Gasteiger charge is -2.18. The van der Waals surface area contributed by atoms with Gasteiger partial charge in [0.25, 0.3) is 5.91 Å². The van der Waals surface area contributed by atoms with Crippen molar-refractivity contribution in [1.29, 1.82) is 10.8 Å². The molecular formula is C19H19ClN8O2. The highest BCUT2D eigenvalue weighted by molar-refractivity contribution is 6.36. The van der Waals surface area contributed by atoms with Gasteiger partial charge in [-0.05, 0) is 30.7 Å². The molecule has 10 nitrogen and oxygen atoms in total. The highest BCUT2D eigenvalue weighted by Crippen LogP contribution is 2.34. The summed E-state index contributed by atoms with van der Waals surface area (Å²) in [5.41, 5.74) is 7.40. The Morgan fingerprint density at radius 2 is 2.07 bits per heavy atom. The predicted molar refractivity (Wildman–Crippen MR) is 116 cm³/mol.